The largest absolute Gasteiger partial charge is 0.467 e. The zero-order valence-electron chi connectivity index (χ0n) is 16.2. The molecule has 3 heterocycles. The Labute approximate surface area is 177 Å². The summed E-state index contributed by atoms with van der Waals surface area (Å²) in [5, 5.41) is 12.2. The molecule has 0 saturated heterocycles. The summed E-state index contributed by atoms with van der Waals surface area (Å²) in [6.45, 7) is 4.76. The van der Waals surface area contributed by atoms with Gasteiger partial charge in [-0.2, -0.15) is 0 Å². The van der Waals surface area contributed by atoms with Crippen LogP contribution < -0.4 is 5.32 Å². The van der Waals surface area contributed by atoms with E-state index in [1.54, 1.807) is 36.4 Å². The number of benzene rings is 1. The molecule has 1 amide bonds. The van der Waals surface area contributed by atoms with E-state index in [1.807, 2.05) is 47.0 Å². The van der Waals surface area contributed by atoms with Gasteiger partial charge in [0.1, 0.15) is 5.76 Å². The fourth-order valence-corrected chi connectivity index (χ4v) is 3.76. The minimum atomic E-state index is -0.139. The van der Waals surface area contributed by atoms with E-state index in [1.165, 1.54) is 0 Å². The van der Waals surface area contributed by atoms with Crippen LogP contribution in [0, 0.1) is 0 Å². The number of allylic oxidation sites excluding steroid dienone is 1. The van der Waals surface area contributed by atoms with Crippen molar-refractivity contribution in [2.75, 3.05) is 0 Å². The summed E-state index contributed by atoms with van der Waals surface area (Å²) in [4.78, 5) is 12.3. The number of thioether (sulfide) groups is 1. The predicted molar refractivity (Wildman–Crippen MR) is 114 cm³/mol. The molecule has 0 aliphatic heterocycles. The second kappa shape index (κ2) is 9.32. The quantitative estimate of drug-likeness (QED) is 0.316. The zero-order valence-corrected chi connectivity index (χ0v) is 17.0. The van der Waals surface area contributed by atoms with Gasteiger partial charge in [0.05, 0.1) is 19.1 Å². The van der Waals surface area contributed by atoms with Crippen LogP contribution in [0.4, 0.5) is 0 Å². The minimum Gasteiger partial charge on any atom is -0.467 e. The number of nitrogens with one attached hydrogen (secondary N) is 1. The first-order valence-corrected chi connectivity index (χ1v) is 10.3. The van der Waals surface area contributed by atoms with Crippen molar-refractivity contribution in [1.82, 2.24) is 20.1 Å². The molecule has 0 fully saturated rings. The van der Waals surface area contributed by atoms with E-state index >= 15 is 0 Å². The molecular formula is C22H20N4O3S. The lowest BCUT2D eigenvalue weighted by atomic mass is 10.1. The maximum Gasteiger partial charge on any atom is 0.251 e. The van der Waals surface area contributed by atoms with E-state index in [0.29, 0.717) is 41.8 Å². The summed E-state index contributed by atoms with van der Waals surface area (Å²) in [6.07, 6.45) is 5.00. The molecule has 0 aliphatic rings. The lowest BCUT2D eigenvalue weighted by Gasteiger charge is -2.07. The highest BCUT2D eigenvalue weighted by Crippen LogP contribution is 2.26. The molecule has 7 nitrogen and oxygen atoms in total. The Morgan fingerprint density at radius 1 is 1.10 bits per heavy atom. The average molecular weight is 420 g/mol. The van der Waals surface area contributed by atoms with Gasteiger partial charge in [0.2, 0.25) is 5.82 Å². The van der Waals surface area contributed by atoms with Crippen molar-refractivity contribution in [2.24, 2.45) is 0 Å². The van der Waals surface area contributed by atoms with E-state index < -0.39 is 0 Å². The number of nitrogens with zero attached hydrogens (tertiary/aromatic N) is 3. The van der Waals surface area contributed by atoms with Crippen LogP contribution in [0.1, 0.15) is 21.7 Å². The van der Waals surface area contributed by atoms with Gasteiger partial charge in [-0.25, -0.2) is 0 Å². The third-order valence-corrected chi connectivity index (χ3v) is 5.40. The second-order valence-corrected chi connectivity index (χ2v) is 7.37. The molecule has 1 N–H and O–H groups in total. The lowest BCUT2D eigenvalue weighted by Crippen LogP contribution is -2.22. The van der Waals surface area contributed by atoms with Crippen LogP contribution in [0.25, 0.3) is 11.6 Å². The van der Waals surface area contributed by atoms with Crippen molar-refractivity contribution in [3.63, 3.8) is 0 Å². The van der Waals surface area contributed by atoms with E-state index in [9.17, 15) is 4.79 Å². The molecule has 3 aromatic heterocycles. The maximum atomic E-state index is 12.3. The second-order valence-electron chi connectivity index (χ2n) is 6.43. The Balaban J connectivity index is 1.38. The number of carbonyl (C=O) groups is 1. The summed E-state index contributed by atoms with van der Waals surface area (Å²) in [5.41, 5.74) is 1.68. The van der Waals surface area contributed by atoms with Crippen LogP contribution in [0.3, 0.4) is 0 Å². The van der Waals surface area contributed by atoms with Gasteiger partial charge in [-0.3, -0.25) is 9.36 Å². The summed E-state index contributed by atoms with van der Waals surface area (Å²) in [5.74, 6) is 2.61. The molecule has 0 radical (unpaired) electrons. The molecule has 0 saturated carbocycles. The van der Waals surface area contributed by atoms with Crippen molar-refractivity contribution in [3.8, 4) is 11.6 Å². The summed E-state index contributed by atoms with van der Waals surface area (Å²) >= 11 is 1.57. The first-order chi connectivity index (χ1) is 14.7. The Bertz CT molecular complexity index is 1100. The van der Waals surface area contributed by atoms with Gasteiger partial charge in [-0.1, -0.05) is 30.0 Å². The fourth-order valence-electron chi connectivity index (χ4n) is 2.86. The topological polar surface area (TPSA) is 86.1 Å². The van der Waals surface area contributed by atoms with Crippen LogP contribution in [0.15, 0.2) is 87.7 Å². The van der Waals surface area contributed by atoms with Crippen LogP contribution in [-0.2, 0) is 18.8 Å². The predicted octanol–water partition coefficient (Wildman–Crippen LogP) is 4.54. The van der Waals surface area contributed by atoms with Gasteiger partial charge in [0.25, 0.3) is 5.91 Å². The molecular weight excluding hydrogens is 400 g/mol. The lowest BCUT2D eigenvalue weighted by molar-refractivity contribution is 0.0948. The van der Waals surface area contributed by atoms with Crippen molar-refractivity contribution in [1.29, 1.82) is 0 Å². The van der Waals surface area contributed by atoms with Gasteiger partial charge < -0.3 is 14.2 Å². The molecule has 4 rings (SSSR count). The number of rotatable bonds is 9. The summed E-state index contributed by atoms with van der Waals surface area (Å²) in [6, 6.07) is 14.8. The molecule has 0 spiro atoms. The Morgan fingerprint density at radius 3 is 2.60 bits per heavy atom. The van der Waals surface area contributed by atoms with Crippen molar-refractivity contribution < 1.29 is 13.6 Å². The monoisotopic (exact) mass is 420 g/mol. The van der Waals surface area contributed by atoms with Gasteiger partial charge in [0.15, 0.2) is 10.9 Å². The molecule has 30 heavy (non-hydrogen) atoms. The van der Waals surface area contributed by atoms with Crippen molar-refractivity contribution in [3.05, 3.63) is 90.6 Å². The highest BCUT2D eigenvalue weighted by Gasteiger charge is 2.15. The molecule has 4 aromatic rings. The molecule has 0 atom stereocenters. The number of hydrogen-bond donors (Lipinski definition) is 1. The third kappa shape index (κ3) is 4.55. The number of hydrogen-bond acceptors (Lipinski definition) is 6. The molecule has 8 heteroatoms. The smallest absolute Gasteiger partial charge is 0.251 e. The third-order valence-electron chi connectivity index (χ3n) is 4.36. The highest BCUT2D eigenvalue weighted by atomic mass is 32.2. The number of furan rings is 2. The molecule has 1 aromatic carbocycles. The highest BCUT2D eigenvalue weighted by molar-refractivity contribution is 7.98. The fraction of sp³-hybridized carbons (Fsp3) is 0.136. The molecule has 0 unspecified atom stereocenters. The first-order valence-electron chi connectivity index (χ1n) is 9.35. The van der Waals surface area contributed by atoms with E-state index in [0.717, 1.165) is 10.7 Å². The Hall–Kier alpha value is -3.52. The summed E-state index contributed by atoms with van der Waals surface area (Å²) in [7, 11) is 0. The van der Waals surface area contributed by atoms with E-state index in [4.69, 9.17) is 8.83 Å². The van der Waals surface area contributed by atoms with Crippen LogP contribution in [0.2, 0.25) is 0 Å². The molecule has 152 valence electrons. The first kappa shape index (κ1) is 19.8. The van der Waals surface area contributed by atoms with Crippen LogP contribution in [-0.4, -0.2) is 20.7 Å². The Morgan fingerprint density at radius 2 is 1.90 bits per heavy atom. The van der Waals surface area contributed by atoms with Gasteiger partial charge in [-0.05, 0) is 42.0 Å². The van der Waals surface area contributed by atoms with Crippen molar-refractivity contribution >= 4 is 17.7 Å². The zero-order chi connectivity index (χ0) is 20.8. The van der Waals surface area contributed by atoms with E-state index in [2.05, 4.69) is 22.1 Å². The average Bonchev–Trinajstić information content (AvgIpc) is 3.53. The summed E-state index contributed by atoms with van der Waals surface area (Å²) < 4.78 is 12.6. The van der Waals surface area contributed by atoms with E-state index in [-0.39, 0.29) is 5.91 Å². The number of aromatic nitrogens is 3. The van der Waals surface area contributed by atoms with Gasteiger partial charge in [0, 0.05) is 17.9 Å². The molecule has 0 aliphatic carbocycles. The van der Waals surface area contributed by atoms with Crippen LogP contribution >= 0.6 is 11.8 Å². The van der Waals surface area contributed by atoms with Gasteiger partial charge >= 0.3 is 0 Å². The normalized spacial score (nSPS) is 10.8. The standard InChI is InChI=1S/C22H20N4O3S/c1-2-11-26-20(19-6-4-13-29-19)24-25-22(26)30-15-16-7-9-17(10-8-16)21(27)23-14-18-5-3-12-28-18/h2-10,12-13H,1,11,14-15H2,(H,23,27). The Kier molecular flexibility index (Phi) is 6.14. The van der Waals surface area contributed by atoms with Crippen LogP contribution in [0.5, 0.6) is 0 Å². The van der Waals surface area contributed by atoms with Crippen molar-refractivity contribution in [2.45, 2.75) is 24.0 Å². The van der Waals surface area contributed by atoms with Gasteiger partial charge in [-0.15, -0.1) is 16.8 Å². The number of carbonyl (C=O) groups excluding carboxylic acids is 1. The SMILES string of the molecule is C=CCn1c(SCc2ccc(C(=O)NCc3ccco3)cc2)nnc1-c1ccco1. The maximum absolute atomic E-state index is 12.3. The minimum absolute atomic E-state index is 0.139. The molecule has 0 bridgehead atoms. The number of amides is 1.